The van der Waals surface area contributed by atoms with E-state index in [-0.39, 0.29) is 17.9 Å². The van der Waals surface area contributed by atoms with Crippen LogP contribution in [0.15, 0.2) is 47.3 Å². The number of aromatic nitrogens is 2. The van der Waals surface area contributed by atoms with E-state index >= 15 is 0 Å². The Morgan fingerprint density at radius 2 is 1.93 bits per heavy atom. The molecule has 0 spiro atoms. The van der Waals surface area contributed by atoms with Crippen LogP contribution in [-0.4, -0.2) is 29.5 Å². The molecule has 2 N–H and O–H groups in total. The SMILES string of the molecule is COc1ccc(CCNC(=O)Cc2nc3ccc(C(C)C)cc3c(=O)[nH]2)cc1. The summed E-state index contributed by atoms with van der Waals surface area (Å²) >= 11 is 0. The summed E-state index contributed by atoms with van der Waals surface area (Å²) in [6, 6.07) is 13.4. The van der Waals surface area contributed by atoms with Gasteiger partial charge in [-0.05, 0) is 47.7 Å². The number of carbonyl (C=O) groups is 1. The minimum absolute atomic E-state index is 0.0414. The Bertz CT molecular complexity index is 1020. The molecule has 0 aliphatic rings. The first-order chi connectivity index (χ1) is 13.5. The molecule has 0 aliphatic heterocycles. The Labute approximate surface area is 164 Å². The van der Waals surface area contributed by atoms with Gasteiger partial charge in [-0.15, -0.1) is 0 Å². The highest BCUT2D eigenvalue weighted by Gasteiger charge is 2.10. The van der Waals surface area contributed by atoms with Gasteiger partial charge < -0.3 is 15.0 Å². The topological polar surface area (TPSA) is 84.1 Å². The molecule has 2 aromatic carbocycles. The van der Waals surface area contributed by atoms with Crippen molar-refractivity contribution < 1.29 is 9.53 Å². The van der Waals surface area contributed by atoms with Crippen molar-refractivity contribution in [2.75, 3.05) is 13.7 Å². The fourth-order valence-electron chi connectivity index (χ4n) is 3.00. The van der Waals surface area contributed by atoms with Gasteiger partial charge in [-0.25, -0.2) is 4.98 Å². The molecular weight excluding hydrogens is 354 g/mol. The quantitative estimate of drug-likeness (QED) is 0.661. The lowest BCUT2D eigenvalue weighted by Gasteiger charge is -2.08. The number of amides is 1. The monoisotopic (exact) mass is 379 g/mol. The number of benzene rings is 2. The zero-order valence-electron chi connectivity index (χ0n) is 16.4. The van der Waals surface area contributed by atoms with Gasteiger partial charge in [-0.3, -0.25) is 9.59 Å². The number of H-pyrrole nitrogens is 1. The molecule has 0 radical (unpaired) electrons. The normalized spacial score (nSPS) is 11.0. The molecule has 1 amide bonds. The molecule has 28 heavy (non-hydrogen) atoms. The molecule has 6 nitrogen and oxygen atoms in total. The van der Waals surface area contributed by atoms with Gasteiger partial charge in [0, 0.05) is 6.54 Å². The highest BCUT2D eigenvalue weighted by Crippen LogP contribution is 2.18. The molecule has 0 unspecified atom stereocenters. The van der Waals surface area contributed by atoms with Crippen molar-refractivity contribution in [3.8, 4) is 5.75 Å². The third-order valence-corrected chi connectivity index (χ3v) is 4.67. The van der Waals surface area contributed by atoms with Crippen LogP contribution in [0.25, 0.3) is 10.9 Å². The zero-order chi connectivity index (χ0) is 20.1. The number of aromatic amines is 1. The van der Waals surface area contributed by atoms with Crippen molar-refractivity contribution in [1.29, 1.82) is 0 Å². The Kier molecular flexibility index (Phi) is 6.09. The van der Waals surface area contributed by atoms with Gasteiger partial charge in [-0.1, -0.05) is 32.0 Å². The van der Waals surface area contributed by atoms with Gasteiger partial charge in [0.2, 0.25) is 5.91 Å². The zero-order valence-corrected chi connectivity index (χ0v) is 16.4. The average Bonchev–Trinajstić information content (AvgIpc) is 2.68. The van der Waals surface area contributed by atoms with E-state index in [1.165, 1.54) is 0 Å². The molecule has 146 valence electrons. The molecular formula is C22H25N3O3. The summed E-state index contributed by atoms with van der Waals surface area (Å²) < 4.78 is 5.13. The van der Waals surface area contributed by atoms with E-state index in [0.717, 1.165) is 23.3 Å². The summed E-state index contributed by atoms with van der Waals surface area (Å²) in [6.45, 7) is 4.67. The van der Waals surface area contributed by atoms with E-state index in [1.54, 1.807) is 7.11 Å². The van der Waals surface area contributed by atoms with E-state index in [9.17, 15) is 9.59 Å². The summed E-state index contributed by atoms with van der Waals surface area (Å²) in [7, 11) is 1.63. The molecule has 1 heterocycles. The lowest BCUT2D eigenvalue weighted by Crippen LogP contribution is -2.28. The van der Waals surface area contributed by atoms with Crippen LogP contribution in [0, 0.1) is 0 Å². The van der Waals surface area contributed by atoms with Gasteiger partial charge in [0.05, 0.1) is 24.4 Å². The molecule has 0 saturated carbocycles. The largest absolute Gasteiger partial charge is 0.497 e. The Morgan fingerprint density at radius 3 is 2.61 bits per heavy atom. The minimum atomic E-state index is -0.214. The average molecular weight is 379 g/mol. The second-order valence-corrected chi connectivity index (χ2v) is 7.07. The van der Waals surface area contributed by atoms with Gasteiger partial charge >= 0.3 is 0 Å². The van der Waals surface area contributed by atoms with E-state index < -0.39 is 0 Å². The highest BCUT2D eigenvalue weighted by atomic mass is 16.5. The van der Waals surface area contributed by atoms with Crippen molar-refractivity contribution in [3.63, 3.8) is 0 Å². The van der Waals surface area contributed by atoms with Crippen molar-refractivity contribution in [2.45, 2.75) is 32.6 Å². The number of hydrogen-bond donors (Lipinski definition) is 2. The lowest BCUT2D eigenvalue weighted by molar-refractivity contribution is -0.120. The molecule has 1 aromatic heterocycles. The Hall–Kier alpha value is -3.15. The number of nitrogens with zero attached hydrogens (tertiary/aromatic N) is 1. The number of rotatable bonds is 7. The van der Waals surface area contributed by atoms with E-state index in [2.05, 4.69) is 29.1 Å². The summed E-state index contributed by atoms with van der Waals surface area (Å²) in [5.41, 5.74) is 2.59. The van der Waals surface area contributed by atoms with Crippen molar-refractivity contribution in [2.24, 2.45) is 0 Å². The molecule has 0 bridgehead atoms. The number of nitrogens with one attached hydrogen (secondary N) is 2. The second kappa shape index (κ2) is 8.69. The standard InChI is InChI=1S/C22H25N3O3/c1-14(2)16-6-9-19-18(12-16)22(27)25-20(24-19)13-21(26)23-11-10-15-4-7-17(28-3)8-5-15/h4-9,12,14H,10-11,13H2,1-3H3,(H,23,26)(H,24,25,27). The second-order valence-electron chi connectivity index (χ2n) is 7.07. The van der Waals surface area contributed by atoms with Crippen LogP contribution >= 0.6 is 0 Å². The number of fused-ring (bicyclic) bond motifs is 1. The molecule has 6 heteroatoms. The lowest BCUT2D eigenvalue weighted by atomic mass is 10.0. The van der Waals surface area contributed by atoms with E-state index in [1.807, 2.05) is 42.5 Å². The van der Waals surface area contributed by atoms with Crippen LogP contribution in [0.3, 0.4) is 0 Å². The van der Waals surface area contributed by atoms with Crippen LogP contribution < -0.4 is 15.6 Å². The van der Waals surface area contributed by atoms with E-state index in [0.29, 0.717) is 29.2 Å². The summed E-state index contributed by atoms with van der Waals surface area (Å²) in [5.74, 6) is 1.34. The molecule has 0 atom stereocenters. The smallest absolute Gasteiger partial charge is 0.258 e. The predicted octanol–water partition coefficient (Wildman–Crippen LogP) is 2.96. The molecule has 0 fully saturated rings. The first-order valence-corrected chi connectivity index (χ1v) is 9.38. The third-order valence-electron chi connectivity index (χ3n) is 4.67. The Balaban J connectivity index is 1.61. The van der Waals surface area contributed by atoms with Crippen LogP contribution in [0.1, 0.15) is 36.7 Å². The Morgan fingerprint density at radius 1 is 1.18 bits per heavy atom. The van der Waals surface area contributed by atoms with Gasteiger partial charge in [-0.2, -0.15) is 0 Å². The maximum Gasteiger partial charge on any atom is 0.258 e. The predicted molar refractivity (Wildman–Crippen MR) is 110 cm³/mol. The van der Waals surface area contributed by atoms with Crippen LogP contribution in [0.4, 0.5) is 0 Å². The van der Waals surface area contributed by atoms with Gasteiger partial charge in [0.15, 0.2) is 0 Å². The summed E-state index contributed by atoms with van der Waals surface area (Å²) in [5, 5.41) is 3.42. The van der Waals surface area contributed by atoms with Crippen LogP contribution in [-0.2, 0) is 17.6 Å². The first-order valence-electron chi connectivity index (χ1n) is 9.38. The van der Waals surface area contributed by atoms with Crippen molar-refractivity contribution in [1.82, 2.24) is 15.3 Å². The summed E-state index contributed by atoms with van der Waals surface area (Å²) in [6.07, 6.45) is 0.759. The summed E-state index contributed by atoms with van der Waals surface area (Å²) in [4.78, 5) is 31.7. The van der Waals surface area contributed by atoms with Crippen LogP contribution in [0.5, 0.6) is 5.75 Å². The van der Waals surface area contributed by atoms with E-state index in [4.69, 9.17) is 4.74 Å². The van der Waals surface area contributed by atoms with Crippen LogP contribution in [0.2, 0.25) is 0 Å². The molecule has 3 aromatic rings. The fourth-order valence-corrected chi connectivity index (χ4v) is 3.00. The van der Waals surface area contributed by atoms with Crippen molar-refractivity contribution in [3.05, 3.63) is 69.8 Å². The highest BCUT2D eigenvalue weighted by molar-refractivity contribution is 5.80. The molecule has 3 rings (SSSR count). The molecule has 0 saturated heterocycles. The first kappa shape index (κ1) is 19.6. The van der Waals surface area contributed by atoms with Crippen molar-refractivity contribution >= 4 is 16.8 Å². The number of hydrogen-bond acceptors (Lipinski definition) is 4. The number of methoxy groups -OCH3 is 1. The molecule has 0 aliphatic carbocycles. The maximum absolute atomic E-state index is 12.4. The fraction of sp³-hybridized carbons (Fsp3) is 0.318. The number of carbonyl (C=O) groups excluding carboxylic acids is 1. The van der Waals surface area contributed by atoms with Gasteiger partial charge in [0.1, 0.15) is 11.6 Å². The maximum atomic E-state index is 12.4. The third kappa shape index (κ3) is 4.76. The number of ether oxygens (including phenoxy) is 1. The van der Waals surface area contributed by atoms with Gasteiger partial charge in [0.25, 0.3) is 5.56 Å². The minimum Gasteiger partial charge on any atom is -0.497 e.